The number of nitrogens with zero attached hydrogens (tertiary/aromatic N) is 2. The summed E-state index contributed by atoms with van der Waals surface area (Å²) in [6.45, 7) is 7.14. The number of thiazole rings is 1. The van der Waals surface area contributed by atoms with E-state index in [2.05, 4.69) is 11.9 Å². The van der Waals surface area contributed by atoms with E-state index in [-0.39, 0.29) is 5.91 Å². The largest absolute Gasteiger partial charge is 0.494 e. The lowest BCUT2D eigenvalue weighted by Gasteiger charge is -2.34. The zero-order chi connectivity index (χ0) is 21.1. The van der Waals surface area contributed by atoms with Crippen molar-refractivity contribution in [2.45, 2.75) is 39.7 Å². The monoisotopic (exact) mass is 422 g/mol. The molecule has 0 saturated heterocycles. The molecule has 156 valence electrons. The molecule has 30 heavy (non-hydrogen) atoms. The van der Waals surface area contributed by atoms with E-state index >= 15 is 0 Å². The summed E-state index contributed by atoms with van der Waals surface area (Å²) in [6, 6.07) is 14.0. The maximum absolute atomic E-state index is 13.0. The number of aryl methyl sites for hydroxylation is 2. The standard InChI is InChI=1S/C24H26N2O3S/c1-4-22-24(27)26(12-5-13-28-19-9-6-16(2)7-10-19)21-14-18(8-11-23(21)29-22)20-15-30-17(3)25-20/h6-11,14-15,22H,4-5,12-13H2,1-3H3. The number of rotatable bonds is 7. The fourth-order valence-corrected chi connectivity index (χ4v) is 4.14. The summed E-state index contributed by atoms with van der Waals surface area (Å²) < 4.78 is 11.8. The van der Waals surface area contributed by atoms with Crippen LogP contribution in [0.3, 0.4) is 0 Å². The molecule has 0 bridgehead atoms. The normalized spacial score (nSPS) is 15.6. The van der Waals surface area contributed by atoms with E-state index in [1.165, 1.54) is 5.56 Å². The first-order chi connectivity index (χ1) is 14.5. The highest BCUT2D eigenvalue weighted by molar-refractivity contribution is 7.09. The molecule has 2 heterocycles. The minimum absolute atomic E-state index is 0.00643. The molecule has 6 heteroatoms. The molecule has 0 N–H and O–H groups in total. The van der Waals surface area contributed by atoms with Gasteiger partial charge in [0.15, 0.2) is 6.10 Å². The average Bonchev–Trinajstić information content (AvgIpc) is 3.19. The highest BCUT2D eigenvalue weighted by Crippen LogP contribution is 2.38. The summed E-state index contributed by atoms with van der Waals surface area (Å²) in [7, 11) is 0. The first kappa shape index (κ1) is 20.4. The fraction of sp³-hybridized carbons (Fsp3) is 0.333. The predicted molar refractivity (Wildman–Crippen MR) is 121 cm³/mol. The van der Waals surface area contributed by atoms with Crippen molar-refractivity contribution in [2.75, 3.05) is 18.1 Å². The maximum atomic E-state index is 13.0. The maximum Gasteiger partial charge on any atom is 0.268 e. The van der Waals surface area contributed by atoms with Crippen molar-refractivity contribution in [1.82, 2.24) is 4.98 Å². The Morgan fingerprint density at radius 1 is 1.17 bits per heavy atom. The van der Waals surface area contributed by atoms with Crippen LogP contribution in [0.5, 0.6) is 11.5 Å². The Morgan fingerprint density at radius 3 is 2.67 bits per heavy atom. The third-order valence-electron chi connectivity index (χ3n) is 5.16. The zero-order valence-corrected chi connectivity index (χ0v) is 18.4. The molecule has 0 spiro atoms. The van der Waals surface area contributed by atoms with Crippen molar-refractivity contribution >= 4 is 22.9 Å². The van der Waals surface area contributed by atoms with E-state index in [1.54, 1.807) is 11.3 Å². The van der Waals surface area contributed by atoms with Crippen LogP contribution in [0, 0.1) is 13.8 Å². The van der Waals surface area contributed by atoms with Crippen LogP contribution in [0.2, 0.25) is 0 Å². The smallest absolute Gasteiger partial charge is 0.268 e. The molecule has 1 aliphatic heterocycles. The zero-order valence-electron chi connectivity index (χ0n) is 17.6. The Kier molecular flexibility index (Phi) is 6.04. The summed E-state index contributed by atoms with van der Waals surface area (Å²) in [4.78, 5) is 19.4. The molecular formula is C24H26N2O3S. The average molecular weight is 423 g/mol. The van der Waals surface area contributed by atoms with E-state index in [0.29, 0.717) is 19.6 Å². The number of benzene rings is 2. The minimum Gasteiger partial charge on any atom is -0.494 e. The number of carbonyl (C=O) groups excluding carboxylic acids is 1. The van der Waals surface area contributed by atoms with Crippen molar-refractivity contribution in [2.24, 2.45) is 0 Å². The lowest BCUT2D eigenvalue weighted by atomic mass is 10.1. The lowest BCUT2D eigenvalue weighted by Crippen LogP contribution is -2.46. The Hall–Kier alpha value is -2.86. The van der Waals surface area contributed by atoms with Gasteiger partial charge in [0.25, 0.3) is 5.91 Å². The van der Waals surface area contributed by atoms with Gasteiger partial charge in [0.1, 0.15) is 11.5 Å². The highest BCUT2D eigenvalue weighted by atomic mass is 32.1. The molecule has 1 aromatic heterocycles. The summed E-state index contributed by atoms with van der Waals surface area (Å²) in [6.07, 6.45) is 0.930. The van der Waals surface area contributed by atoms with Crippen LogP contribution in [0.25, 0.3) is 11.3 Å². The van der Waals surface area contributed by atoms with Crippen LogP contribution in [-0.2, 0) is 4.79 Å². The van der Waals surface area contributed by atoms with Gasteiger partial charge in [0, 0.05) is 17.5 Å². The van der Waals surface area contributed by atoms with Gasteiger partial charge in [0.05, 0.1) is 23.0 Å². The number of amides is 1. The Morgan fingerprint density at radius 2 is 1.97 bits per heavy atom. The van der Waals surface area contributed by atoms with Crippen LogP contribution in [0.4, 0.5) is 5.69 Å². The van der Waals surface area contributed by atoms with E-state index in [1.807, 2.05) is 66.6 Å². The van der Waals surface area contributed by atoms with Gasteiger partial charge in [0.2, 0.25) is 0 Å². The second kappa shape index (κ2) is 8.88. The first-order valence-electron chi connectivity index (χ1n) is 10.3. The molecule has 1 amide bonds. The summed E-state index contributed by atoms with van der Waals surface area (Å²) >= 11 is 1.62. The van der Waals surface area contributed by atoms with E-state index in [4.69, 9.17) is 9.47 Å². The number of hydrogen-bond acceptors (Lipinski definition) is 5. The van der Waals surface area contributed by atoms with Crippen LogP contribution in [0.1, 0.15) is 30.3 Å². The van der Waals surface area contributed by atoms with E-state index in [0.717, 1.165) is 39.9 Å². The summed E-state index contributed by atoms with van der Waals surface area (Å²) in [5, 5.41) is 3.06. The molecular weight excluding hydrogens is 396 g/mol. The molecule has 1 unspecified atom stereocenters. The molecule has 0 aliphatic carbocycles. The molecule has 2 aromatic carbocycles. The SMILES string of the molecule is CCC1Oc2ccc(-c3csc(C)n3)cc2N(CCCOc2ccc(C)cc2)C1=O. The topological polar surface area (TPSA) is 51.7 Å². The van der Waals surface area contributed by atoms with E-state index < -0.39 is 6.10 Å². The molecule has 1 aliphatic rings. The number of aromatic nitrogens is 1. The van der Waals surface area contributed by atoms with Crippen LogP contribution in [-0.4, -0.2) is 30.1 Å². The van der Waals surface area contributed by atoms with Gasteiger partial charge < -0.3 is 14.4 Å². The van der Waals surface area contributed by atoms with Crippen LogP contribution >= 0.6 is 11.3 Å². The molecule has 0 saturated carbocycles. The highest BCUT2D eigenvalue weighted by Gasteiger charge is 2.33. The number of anilines is 1. The number of carbonyl (C=O) groups is 1. The quantitative estimate of drug-likeness (QED) is 0.479. The van der Waals surface area contributed by atoms with Crippen molar-refractivity contribution in [3.63, 3.8) is 0 Å². The number of hydrogen-bond donors (Lipinski definition) is 0. The van der Waals surface area contributed by atoms with Crippen molar-refractivity contribution in [1.29, 1.82) is 0 Å². The molecule has 1 atom stereocenters. The van der Waals surface area contributed by atoms with Gasteiger partial charge in [-0.1, -0.05) is 24.6 Å². The van der Waals surface area contributed by atoms with Gasteiger partial charge in [-0.25, -0.2) is 4.98 Å². The minimum atomic E-state index is -0.442. The van der Waals surface area contributed by atoms with Crippen molar-refractivity contribution in [3.05, 3.63) is 58.4 Å². The summed E-state index contributed by atoms with van der Waals surface area (Å²) in [5.74, 6) is 1.60. The first-order valence-corrected chi connectivity index (χ1v) is 11.2. The van der Waals surface area contributed by atoms with Gasteiger partial charge in [-0.3, -0.25) is 4.79 Å². The van der Waals surface area contributed by atoms with Gasteiger partial charge >= 0.3 is 0 Å². The van der Waals surface area contributed by atoms with Gasteiger partial charge in [-0.15, -0.1) is 11.3 Å². The second-order valence-electron chi connectivity index (χ2n) is 7.45. The van der Waals surface area contributed by atoms with Gasteiger partial charge in [-0.2, -0.15) is 0 Å². The molecule has 3 aromatic rings. The Balaban J connectivity index is 1.50. The summed E-state index contributed by atoms with van der Waals surface area (Å²) in [5.41, 5.74) is 3.93. The molecule has 5 nitrogen and oxygen atoms in total. The lowest BCUT2D eigenvalue weighted by molar-refractivity contribution is -0.126. The Labute approximate surface area is 181 Å². The number of fused-ring (bicyclic) bond motifs is 1. The molecule has 0 radical (unpaired) electrons. The molecule has 4 rings (SSSR count). The fourth-order valence-electron chi connectivity index (χ4n) is 3.52. The second-order valence-corrected chi connectivity index (χ2v) is 8.52. The van der Waals surface area contributed by atoms with Crippen molar-refractivity contribution < 1.29 is 14.3 Å². The van der Waals surface area contributed by atoms with Gasteiger partial charge in [-0.05, 0) is 57.0 Å². The third kappa shape index (κ3) is 4.33. The van der Waals surface area contributed by atoms with E-state index in [9.17, 15) is 4.79 Å². The Bertz CT molecular complexity index is 1030. The molecule has 0 fully saturated rings. The van der Waals surface area contributed by atoms with Crippen LogP contribution < -0.4 is 14.4 Å². The third-order valence-corrected chi connectivity index (χ3v) is 5.94. The predicted octanol–water partition coefficient (Wildman–Crippen LogP) is 5.40. The number of ether oxygens (including phenoxy) is 2. The van der Waals surface area contributed by atoms with Crippen LogP contribution in [0.15, 0.2) is 47.8 Å². The van der Waals surface area contributed by atoms with Crippen molar-refractivity contribution in [3.8, 4) is 22.8 Å².